The normalized spacial score (nSPS) is 19.7. The lowest BCUT2D eigenvalue weighted by molar-refractivity contribution is 0.196. The van der Waals surface area contributed by atoms with Crippen molar-refractivity contribution in [2.24, 2.45) is 5.41 Å². The third-order valence-corrected chi connectivity index (χ3v) is 6.86. The van der Waals surface area contributed by atoms with Crippen LogP contribution in [0, 0.1) is 19.3 Å². The Labute approximate surface area is 133 Å². The molecule has 0 aromatic heterocycles. The van der Waals surface area contributed by atoms with Crippen LogP contribution in [0.25, 0.3) is 0 Å². The van der Waals surface area contributed by atoms with Gasteiger partial charge in [-0.1, -0.05) is 19.9 Å². The summed E-state index contributed by atoms with van der Waals surface area (Å²) < 4.78 is 27.5. The number of hydrogen-bond acceptors (Lipinski definition) is 2. The third-order valence-electron chi connectivity index (χ3n) is 4.53. The van der Waals surface area contributed by atoms with Gasteiger partial charge in [-0.2, -0.15) is 4.31 Å². The maximum Gasteiger partial charge on any atom is 0.243 e. The first kappa shape index (κ1) is 16.8. The van der Waals surface area contributed by atoms with E-state index in [9.17, 15) is 8.42 Å². The summed E-state index contributed by atoms with van der Waals surface area (Å²) in [4.78, 5) is 0.415. The van der Waals surface area contributed by atoms with E-state index in [1.54, 1.807) is 10.4 Å². The molecule has 0 radical (unpaired) electrons. The van der Waals surface area contributed by atoms with Crippen LogP contribution >= 0.6 is 11.6 Å². The Kier molecular flexibility index (Phi) is 4.72. The molecule has 3 nitrogen and oxygen atoms in total. The van der Waals surface area contributed by atoms with Crippen molar-refractivity contribution in [1.29, 1.82) is 0 Å². The van der Waals surface area contributed by atoms with Crippen molar-refractivity contribution in [3.63, 3.8) is 0 Å². The molecule has 5 heteroatoms. The molecule has 0 spiro atoms. The first-order chi connectivity index (χ1) is 9.67. The fourth-order valence-electron chi connectivity index (χ4n) is 2.72. The quantitative estimate of drug-likeness (QED) is 0.790. The summed E-state index contributed by atoms with van der Waals surface area (Å²) in [6.45, 7) is 9.39. The molecule has 0 saturated carbocycles. The molecule has 1 aliphatic heterocycles. The number of benzene rings is 1. The number of nitrogens with zero attached hydrogens (tertiary/aromatic N) is 1. The molecule has 0 atom stereocenters. The van der Waals surface area contributed by atoms with Gasteiger partial charge in [-0.3, -0.25) is 0 Å². The maximum atomic E-state index is 12.9. The topological polar surface area (TPSA) is 37.4 Å². The molecule has 1 fully saturated rings. The Morgan fingerprint density at radius 1 is 1.19 bits per heavy atom. The number of halogens is 1. The molecular formula is C16H24ClNO2S. The van der Waals surface area contributed by atoms with Crippen LogP contribution in [0.3, 0.4) is 0 Å². The van der Waals surface area contributed by atoms with Crippen LogP contribution < -0.4 is 0 Å². The summed E-state index contributed by atoms with van der Waals surface area (Å²) >= 11 is 5.89. The second-order valence-electron chi connectivity index (χ2n) is 6.74. The molecule has 0 amide bonds. The Morgan fingerprint density at radius 3 is 2.29 bits per heavy atom. The van der Waals surface area contributed by atoms with Crippen molar-refractivity contribution in [3.05, 3.63) is 28.8 Å². The lowest BCUT2D eigenvalue weighted by Crippen LogP contribution is -2.41. The predicted octanol–water partition coefficient (Wildman–Crippen LogP) is 3.85. The number of hydrogen-bond donors (Lipinski definition) is 0. The first-order valence-electron chi connectivity index (χ1n) is 7.34. The zero-order valence-electron chi connectivity index (χ0n) is 13.2. The van der Waals surface area contributed by atoms with Crippen molar-refractivity contribution >= 4 is 21.6 Å². The highest BCUT2D eigenvalue weighted by atomic mass is 35.5. The molecule has 2 rings (SSSR count). The Hall–Kier alpha value is -0.580. The van der Waals surface area contributed by atoms with E-state index >= 15 is 0 Å². The molecule has 0 aliphatic carbocycles. The van der Waals surface area contributed by atoms with Gasteiger partial charge in [0, 0.05) is 19.0 Å². The summed E-state index contributed by atoms with van der Waals surface area (Å²) in [6, 6.07) is 3.69. The van der Waals surface area contributed by atoms with Gasteiger partial charge < -0.3 is 0 Å². The summed E-state index contributed by atoms with van der Waals surface area (Å²) in [5, 5.41) is 0. The third kappa shape index (κ3) is 3.43. The van der Waals surface area contributed by atoms with E-state index in [4.69, 9.17) is 11.6 Å². The van der Waals surface area contributed by atoms with E-state index in [1.165, 1.54) is 0 Å². The van der Waals surface area contributed by atoms with Gasteiger partial charge in [0.05, 0.1) is 4.90 Å². The second-order valence-corrected chi connectivity index (χ2v) is 8.91. The molecule has 1 saturated heterocycles. The van der Waals surface area contributed by atoms with Gasteiger partial charge in [-0.05, 0) is 54.9 Å². The average molecular weight is 330 g/mol. The summed E-state index contributed by atoms with van der Waals surface area (Å²) in [6.07, 6.45) is 1.80. The zero-order valence-corrected chi connectivity index (χ0v) is 14.8. The molecule has 118 valence electrons. The Balaban J connectivity index is 2.39. The fourth-order valence-corrected chi connectivity index (χ4v) is 4.66. The standard InChI is InChI=1S/C16H24ClNO2S/c1-12-9-14(11-17)10-15(13(12)2)21(19,20)18-7-5-16(3,4)6-8-18/h9-10H,5-8,11H2,1-4H3. The monoisotopic (exact) mass is 329 g/mol. The van der Waals surface area contributed by atoms with E-state index in [0.29, 0.717) is 23.9 Å². The van der Waals surface area contributed by atoms with Crippen LogP contribution in [0.5, 0.6) is 0 Å². The molecule has 0 bridgehead atoms. The van der Waals surface area contributed by atoms with Crippen molar-refractivity contribution in [3.8, 4) is 0 Å². The molecule has 1 aromatic carbocycles. The van der Waals surface area contributed by atoms with Crippen LogP contribution in [0.15, 0.2) is 17.0 Å². The van der Waals surface area contributed by atoms with Crippen molar-refractivity contribution in [2.45, 2.75) is 51.3 Å². The van der Waals surface area contributed by atoms with E-state index in [-0.39, 0.29) is 5.41 Å². The van der Waals surface area contributed by atoms with Gasteiger partial charge in [0.25, 0.3) is 0 Å². The van der Waals surface area contributed by atoms with Gasteiger partial charge in [-0.15, -0.1) is 11.6 Å². The molecule has 0 N–H and O–H groups in total. The molecular weight excluding hydrogens is 306 g/mol. The van der Waals surface area contributed by atoms with Crippen LogP contribution in [-0.2, 0) is 15.9 Å². The fraction of sp³-hybridized carbons (Fsp3) is 0.625. The summed E-state index contributed by atoms with van der Waals surface area (Å²) in [5.74, 6) is 0.330. The highest BCUT2D eigenvalue weighted by Crippen LogP contribution is 2.33. The minimum Gasteiger partial charge on any atom is -0.207 e. The number of rotatable bonds is 3. The van der Waals surface area contributed by atoms with Crippen LogP contribution in [0.2, 0.25) is 0 Å². The molecule has 1 aliphatic rings. The first-order valence-corrected chi connectivity index (χ1v) is 9.31. The zero-order chi connectivity index (χ0) is 15.8. The van der Waals surface area contributed by atoms with Crippen molar-refractivity contribution < 1.29 is 8.42 Å². The lowest BCUT2D eigenvalue weighted by atomic mass is 9.83. The number of sulfonamides is 1. The average Bonchev–Trinajstić information content (AvgIpc) is 2.41. The van der Waals surface area contributed by atoms with E-state index in [2.05, 4.69) is 13.8 Å². The molecule has 1 aromatic rings. The molecule has 1 heterocycles. The lowest BCUT2D eigenvalue weighted by Gasteiger charge is -2.36. The van der Waals surface area contributed by atoms with Crippen molar-refractivity contribution in [1.82, 2.24) is 4.31 Å². The summed E-state index contributed by atoms with van der Waals surface area (Å²) in [7, 11) is -3.42. The van der Waals surface area contributed by atoms with Crippen LogP contribution in [-0.4, -0.2) is 25.8 Å². The van der Waals surface area contributed by atoms with Crippen molar-refractivity contribution in [2.75, 3.05) is 13.1 Å². The Bertz CT molecular complexity index is 628. The predicted molar refractivity (Wildman–Crippen MR) is 87.2 cm³/mol. The maximum absolute atomic E-state index is 12.9. The minimum atomic E-state index is -3.42. The minimum absolute atomic E-state index is 0.231. The van der Waals surface area contributed by atoms with Gasteiger partial charge in [-0.25, -0.2) is 8.42 Å². The SMILES string of the molecule is Cc1cc(CCl)cc(S(=O)(=O)N2CCC(C)(C)CC2)c1C. The van der Waals surface area contributed by atoms with Gasteiger partial charge in [0.1, 0.15) is 0 Å². The van der Waals surface area contributed by atoms with Crippen LogP contribution in [0.4, 0.5) is 0 Å². The van der Waals surface area contributed by atoms with E-state index in [0.717, 1.165) is 29.5 Å². The molecule has 21 heavy (non-hydrogen) atoms. The van der Waals surface area contributed by atoms with E-state index < -0.39 is 10.0 Å². The van der Waals surface area contributed by atoms with Gasteiger partial charge in [0.15, 0.2) is 0 Å². The highest BCUT2D eigenvalue weighted by molar-refractivity contribution is 7.89. The number of alkyl halides is 1. The smallest absolute Gasteiger partial charge is 0.207 e. The number of aryl methyl sites for hydroxylation is 1. The number of piperidine rings is 1. The van der Waals surface area contributed by atoms with Gasteiger partial charge >= 0.3 is 0 Å². The summed E-state index contributed by atoms with van der Waals surface area (Å²) in [5.41, 5.74) is 2.89. The highest BCUT2D eigenvalue weighted by Gasteiger charge is 2.33. The molecule has 0 unspecified atom stereocenters. The van der Waals surface area contributed by atoms with Gasteiger partial charge in [0.2, 0.25) is 10.0 Å². The Morgan fingerprint density at radius 2 is 1.76 bits per heavy atom. The second kappa shape index (κ2) is 5.90. The van der Waals surface area contributed by atoms with Crippen LogP contribution in [0.1, 0.15) is 43.4 Å². The largest absolute Gasteiger partial charge is 0.243 e. The van der Waals surface area contributed by atoms with E-state index in [1.807, 2.05) is 19.9 Å².